The van der Waals surface area contributed by atoms with Crippen LogP contribution in [0.3, 0.4) is 0 Å². The lowest BCUT2D eigenvalue weighted by molar-refractivity contribution is -0.192. The number of halogens is 3. The molecule has 32 heavy (non-hydrogen) atoms. The SMILES string of the molecule is O=C(O)C(F)(F)F.[N-]=[N+]=NCc1cc(N=[N+]=[N-])cc(C(=O)Nc2cn(CC(=O)O)cn2)c1. The van der Waals surface area contributed by atoms with Crippen LogP contribution in [-0.4, -0.2) is 43.8 Å². The van der Waals surface area contributed by atoms with Crippen molar-refractivity contribution < 1.29 is 37.8 Å². The molecular weight excluding hydrogens is 443 g/mol. The zero-order chi connectivity index (χ0) is 24.3. The van der Waals surface area contributed by atoms with Crippen molar-refractivity contribution in [2.24, 2.45) is 10.2 Å². The van der Waals surface area contributed by atoms with E-state index in [0.717, 1.165) is 0 Å². The smallest absolute Gasteiger partial charge is 0.480 e. The molecule has 0 aliphatic rings. The summed E-state index contributed by atoms with van der Waals surface area (Å²) in [6.45, 7) is -0.301. The number of aromatic nitrogens is 2. The minimum Gasteiger partial charge on any atom is -0.480 e. The molecule has 0 aliphatic carbocycles. The number of carbonyl (C=O) groups excluding carboxylic acids is 1. The second kappa shape index (κ2) is 11.4. The highest BCUT2D eigenvalue weighted by atomic mass is 19.4. The number of anilines is 1. The summed E-state index contributed by atoms with van der Waals surface area (Å²) in [5, 5.41) is 25.2. The summed E-state index contributed by atoms with van der Waals surface area (Å²) in [6.07, 6.45) is -2.45. The summed E-state index contributed by atoms with van der Waals surface area (Å²) in [5.74, 6) is -4.18. The average molecular weight is 455 g/mol. The van der Waals surface area contributed by atoms with Crippen LogP contribution in [0.15, 0.2) is 41.0 Å². The van der Waals surface area contributed by atoms with Crippen molar-refractivity contribution in [2.75, 3.05) is 5.32 Å². The van der Waals surface area contributed by atoms with Gasteiger partial charge in [0, 0.05) is 27.3 Å². The van der Waals surface area contributed by atoms with E-state index in [0.29, 0.717) is 5.56 Å². The highest BCUT2D eigenvalue weighted by Gasteiger charge is 2.38. The van der Waals surface area contributed by atoms with Crippen molar-refractivity contribution in [3.8, 4) is 0 Å². The summed E-state index contributed by atoms with van der Waals surface area (Å²) in [6, 6.07) is 4.34. The van der Waals surface area contributed by atoms with Gasteiger partial charge in [-0.15, -0.1) is 0 Å². The quantitative estimate of drug-likeness (QED) is 0.321. The number of amides is 1. The maximum Gasteiger partial charge on any atom is 0.490 e. The van der Waals surface area contributed by atoms with E-state index in [2.05, 4.69) is 30.4 Å². The Hall–Kier alpha value is -4.75. The van der Waals surface area contributed by atoms with Crippen LogP contribution in [0.25, 0.3) is 20.9 Å². The van der Waals surface area contributed by atoms with Gasteiger partial charge in [-0.3, -0.25) is 9.59 Å². The maximum atomic E-state index is 12.3. The fourth-order valence-electron chi connectivity index (χ4n) is 1.97. The number of azide groups is 2. The van der Waals surface area contributed by atoms with E-state index in [1.54, 1.807) is 0 Å². The fraction of sp³-hybridized carbons (Fsp3) is 0.200. The van der Waals surface area contributed by atoms with Crippen LogP contribution in [-0.2, 0) is 22.7 Å². The molecule has 2 aromatic rings. The minimum atomic E-state index is -5.08. The van der Waals surface area contributed by atoms with Gasteiger partial charge in [0.2, 0.25) is 0 Å². The van der Waals surface area contributed by atoms with Gasteiger partial charge in [0.25, 0.3) is 5.91 Å². The van der Waals surface area contributed by atoms with Gasteiger partial charge in [-0.25, -0.2) is 9.78 Å². The van der Waals surface area contributed by atoms with Crippen molar-refractivity contribution >= 4 is 29.4 Å². The lowest BCUT2D eigenvalue weighted by Gasteiger charge is -2.06. The molecule has 14 nitrogen and oxygen atoms in total. The number of rotatable bonds is 7. The lowest BCUT2D eigenvalue weighted by Crippen LogP contribution is -2.21. The number of nitrogens with zero attached hydrogens (tertiary/aromatic N) is 8. The van der Waals surface area contributed by atoms with Crippen LogP contribution >= 0.6 is 0 Å². The molecule has 0 radical (unpaired) electrons. The third-order valence-corrected chi connectivity index (χ3v) is 3.15. The van der Waals surface area contributed by atoms with E-state index >= 15 is 0 Å². The summed E-state index contributed by atoms with van der Waals surface area (Å²) >= 11 is 0. The number of imidazole rings is 1. The number of nitrogens with one attached hydrogen (secondary N) is 1. The molecule has 0 atom stereocenters. The number of carbonyl (C=O) groups is 3. The van der Waals surface area contributed by atoms with Gasteiger partial charge in [0.05, 0.1) is 12.9 Å². The van der Waals surface area contributed by atoms with Crippen LogP contribution < -0.4 is 5.32 Å². The van der Waals surface area contributed by atoms with Crippen molar-refractivity contribution in [1.82, 2.24) is 9.55 Å². The van der Waals surface area contributed by atoms with Gasteiger partial charge in [0.1, 0.15) is 6.54 Å². The van der Waals surface area contributed by atoms with E-state index in [9.17, 15) is 22.8 Å². The number of carboxylic acid groups (broad SMARTS) is 2. The average Bonchev–Trinajstić information content (AvgIpc) is 3.12. The molecule has 0 saturated carbocycles. The Morgan fingerprint density at radius 2 is 1.81 bits per heavy atom. The molecule has 0 unspecified atom stereocenters. The van der Waals surface area contributed by atoms with Crippen LogP contribution in [0.2, 0.25) is 0 Å². The van der Waals surface area contributed by atoms with E-state index in [-0.39, 0.29) is 30.2 Å². The summed E-state index contributed by atoms with van der Waals surface area (Å²) in [7, 11) is 0. The van der Waals surface area contributed by atoms with Crippen LogP contribution in [0.1, 0.15) is 15.9 Å². The predicted molar refractivity (Wildman–Crippen MR) is 99.6 cm³/mol. The molecule has 1 amide bonds. The normalized spacial score (nSPS) is 9.97. The van der Waals surface area contributed by atoms with E-state index in [1.165, 1.54) is 35.3 Å². The van der Waals surface area contributed by atoms with Gasteiger partial charge in [-0.2, -0.15) is 13.2 Å². The second-order valence-corrected chi connectivity index (χ2v) is 5.55. The standard InChI is InChI=1S/C13H11N9O3.C2HF3O2/c14-20-17-4-8-1-9(3-10(2-8)19-21-15)13(25)18-11-5-22(7-16-11)6-12(23)24;3-2(4,5)1(6)7/h1-3,5,7H,4,6H2,(H,18,25)(H,23,24);(H,6,7). The topological polar surface area (TPSA) is 219 Å². The Balaban J connectivity index is 0.000000633. The molecule has 0 saturated heterocycles. The van der Waals surface area contributed by atoms with E-state index < -0.39 is 24.0 Å². The molecule has 1 heterocycles. The Bertz CT molecular complexity index is 1100. The van der Waals surface area contributed by atoms with Gasteiger partial charge in [0.15, 0.2) is 5.82 Å². The molecule has 1 aromatic carbocycles. The second-order valence-electron chi connectivity index (χ2n) is 5.55. The zero-order valence-corrected chi connectivity index (χ0v) is 15.6. The summed E-state index contributed by atoms with van der Waals surface area (Å²) in [4.78, 5) is 41.0. The molecule has 2 rings (SSSR count). The minimum absolute atomic E-state index is 0.0151. The predicted octanol–water partition coefficient (Wildman–Crippen LogP) is 3.61. The van der Waals surface area contributed by atoms with Crippen molar-refractivity contribution in [3.05, 3.63) is 62.7 Å². The lowest BCUT2D eigenvalue weighted by atomic mass is 10.1. The van der Waals surface area contributed by atoms with Gasteiger partial charge in [-0.05, 0) is 34.8 Å². The number of benzene rings is 1. The molecule has 0 spiro atoms. The maximum absolute atomic E-state index is 12.3. The Morgan fingerprint density at radius 1 is 1.16 bits per heavy atom. The van der Waals surface area contributed by atoms with Crippen LogP contribution in [0.4, 0.5) is 24.7 Å². The first-order valence-corrected chi connectivity index (χ1v) is 8.01. The number of hydrogen-bond donors (Lipinski definition) is 3. The third kappa shape index (κ3) is 8.73. The molecule has 168 valence electrons. The highest BCUT2D eigenvalue weighted by Crippen LogP contribution is 2.20. The first-order chi connectivity index (χ1) is 15.0. The fourth-order valence-corrected chi connectivity index (χ4v) is 1.97. The first kappa shape index (κ1) is 25.3. The van der Waals surface area contributed by atoms with Crippen molar-refractivity contribution in [3.63, 3.8) is 0 Å². The third-order valence-electron chi connectivity index (χ3n) is 3.15. The van der Waals surface area contributed by atoms with E-state index in [4.69, 9.17) is 26.1 Å². The number of hydrogen-bond acceptors (Lipinski definition) is 6. The van der Waals surface area contributed by atoms with Gasteiger partial charge in [-0.1, -0.05) is 10.2 Å². The zero-order valence-electron chi connectivity index (χ0n) is 15.6. The van der Waals surface area contributed by atoms with Crippen molar-refractivity contribution in [1.29, 1.82) is 0 Å². The monoisotopic (exact) mass is 455 g/mol. The Kier molecular flexibility index (Phi) is 9.04. The molecule has 0 aliphatic heterocycles. The molecular formula is C15H12F3N9O5. The molecule has 0 bridgehead atoms. The molecule has 0 fully saturated rings. The molecule has 1 aromatic heterocycles. The van der Waals surface area contributed by atoms with Gasteiger partial charge < -0.3 is 20.1 Å². The van der Waals surface area contributed by atoms with Crippen LogP contribution in [0.5, 0.6) is 0 Å². The Labute approximate surface area is 175 Å². The first-order valence-electron chi connectivity index (χ1n) is 8.01. The number of aliphatic carboxylic acids is 2. The molecule has 17 heteroatoms. The number of alkyl halides is 3. The van der Waals surface area contributed by atoms with Crippen molar-refractivity contribution in [2.45, 2.75) is 19.3 Å². The summed E-state index contributed by atoms with van der Waals surface area (Å²) < 4.78 is 33.0. The Morgan fingerprint density at radius 3 is 2.34 bits per heavy atom. The van der Waals surface area contributed by atoms with Crippen LogP contribution in [0, 0.1) is 0 Å². The molecule has 3 N–H and O–H groups in total. The number of carboxylic acids is 2. The van der Waals surface area contributed by atoms with Gasteiger partial charge >= 0.3 is 18.1 Å². The largest absolute Gasteiger partial charge is 0.490 e. The highest BCUT2D eigenvalue weighted by molar-refractivity contribution is 6.04. The van der Waals surface area contributed by atoms with E-state index in [1.807, 2.05) is 0 Å². The summed E-state index contributed by atoms with van der Waals surface area (Å²) in [5.41, 5.74) is 17.8.